The predicted octanol–water partition coefficient (Wildman–Crippen LogP) is 2.56. The van der Waals surface area contributed by atoms with Crippen LogP contribution in [0.4, 0.5) is 10.1 Å². The molecule has 0 N–H and O–H groups in total. The van der Waals surface area contributed by atoms with E-state index in [1.54, 1.807) is 0 Å². The SMILES string of the molecule is CCC(C)(C=O)CN1CCN(c2ccc(F)cc2)CC1. The molecule has 1 fully saturated rings. The number of anilines is 1. The van der Waals surface area contributed by atoms with E-state index in [0.29, 0.717) is 0 Å². The van der Waals surface area contributed by atoms with Crippen molar-refractivity contribution < 1.29 is 9.18 Å². The minimum Gasteiger partial charge on any atom is -0.369 e. The zero-order valence-electron chi connectivity index (χ0n) is 12.3. The fourth-order valence-electron chi connectivity index (χ4n) is 2.56. The van der Waals surface area contributed by atoms with Crippen LogP contribution in [0.25, 0.3) is 0 Å². The van der Waals surface area contributed by atoms with Gasteiger partial charge in [0, 0.05) is 43.8 Å². The van der Waals surface area contributed by atoms with Gasteiger partial charge in [0.2, 0.25) is 0 Å². The second-order valence-electron chi connectivity index (χ2n) is 5.87. The third-order valence-electron chi connectivity index (χ3n) is 4.24. The molecule has 0 aromatic heterocycles. The van der Waals surface area contributed by atoms with Crippen molar-refractivity contribution in [3.05, 3.63) is 30.1 Å². The molecule has 1 unspecified atom stereocenters. The maximum Gasteiger partial charge on any atom is 0.127 e. The molecule has 1 heterocycles. The minimum absolute atomic E-state index is 0.197. The van der Waals surface area contributed by atoms with Gasteiger partial charge in [-0.1, -0.05) is 13.8 Å². The van der Waals surface area contributed by atoms with E-state index < -0.39 is 0 Å². The van der Waals surface area contributed by atoms with Crippen molar-refractivity contribution in [2.75, 3.05) is 37.6 Å². The first-order valence-corrected chi connectivity index (χ1v) is 7.25. The van der Waals surface area contributed by atoms with Gasteiger partial charge in [-0.15, -0.1) is 0 Å². The maximum atomic E-state index is 12.9. The van der Waals surface area contributed by atoms with Crippen LogP contribution in [0.3, 0.4) is 0 Å². The van der Waals surface area contributed by atoms with Crippen LogP contribution in [-0.2, 0) is 4.79 Å². The second kappa shape index (κ2) is 6.35. The summed E-state index contributed by atoms with van der Waals surface area (Å²) in [6.45, 7) is 8.63. The standard InChI is InChI=1S/C16H23FN2O/c1-3-16(2,13-20)12-18-8-10-19(11-9-18)15-6-4-14(17)5-7-15/h4-7,13H,3,8-12H2,1-2H3. The monoisotopic (exact) mass is 278 g/mol. The van der Waals surface area contributed by atoms with Crippen molar-refractivity contribution in [2.45, 2.75) is 20.3 Å². The van der Waals surface area contributed by atoms with Gasteiger partial charge in [0.1, 0.15) is 12.1 Å². The second-order valence-corrected chi connectivity index (χ2v) is 5.87. The van der Waals surface area contributed by atoms with Crippen molar-refractivity contribution >= 4 is 12.0 Å². The topological polar surface area (TPSA) is 23.6 Å². The average molecular weight is 278 g/mol. The molecule has 110 valence electrons. The Kier molecular flexibility index (Phi) is 4.76. The first-order valence-electron chi connectivity index (χ1n) is 7.25. The summed E-state index contributed by atoms with van der Waals surface area (Å²) in [4.78, 5) is 15.8. The Morgan fingerprint density at radius 3 is 2.30 bits per heavy atom. The fourth-order valence-corrected chi connectivity index (χ4v) is 2.56. The smallest absolute Gasteiger partial charge is 0.127 e. The number of carbonyl (C=O) groups excluding carboxylic acids is 1. The van der Waals surface area contributed by atoms with Crippen LogP contribution in [-0.4, -0.2) is 43.9 Å². The first-order chi connectivity index (χ1) is 9.56. The molecule has 3 nitrogen and oxygen atoms in total. The van der Waals surface area contributed by atoms with Crippen molar-refractivity contribution in [2.24, 2.45) is 5.41 Å². The largest absolute Gasteiger partial charge is 0.369 e. The van der Waals surface area contributed by atoms with Crippen LogP contribution in [0.5, 0.6) is 0 Å². The Morgan fingerprint density at radius 1 is 1.20 bits per heavy atom. The highest BCUT2D eigenvalue weighted by molar-refractivity contribution is 5.59. The molecular weight excluding hydrogens is 255 g/mol. The van der Waals surface area contributed by atoms with Crippen molar-refractivity contribution in [1.29, 1.82) is 0 Å². The van der Waals surface area contributed by atoms with Gasteiger partial charge >= 0.3 is 0 Å². The maximum absolute atomic E-state index is 12.9. The molecule has 1 aromatic rings. The highest BCUT2D eigenvalue weighted by atomic mass is 19.1. The summed E-state index contributed by atoms with van der Waals surface area (Å²) < 4.78 is 12.9. The highest BCUT2D eigenvalue weighted by Gasteiger charge is 2.27. The Labute approximate surface area is 120 Å². The molecule has 1 atom stereocenters. The minimum atomic E-state index is -0.238. The van der Waals surface area contributed by atoms with Gasteiger partial charge in [-0.3, -0.25) is 4.90 Å². The molecule has 0 amide bonds. The van der Waals surface area contributed by atoms with E-state index in [4.69, 9.17) is 0 Å². The molecule has 1 aliphatic heterocycles. The molecule has 2 rings (SSSR count). The van der Waals surface area contributed by atoms with Gasteiger partial charge in [-0.25, -0.2) is 4.39 Å². The zero-order chi connectivity index (χ0) is 14.6. The van der Waals surface area contributed by atoms with E-state index in [2.05, 4.69) is 16.7 Å². The Hall–Kier alpha value is -1.42. The zero-order valence-corrected chi connectivity index (χ0v) is 12.3. The van der Waals surface area contributed by atoms with Gasteiger partial charge in [-0.05, 0) is 30.7 Å². The molecule has 1 aliphatic rings. The molecule has 20 heavy (non-hydrogen) atoms. The first kappa shape index (κ1) is 15.0. The number of hydrogen-bond donors (Lipinski definition) is 0. The van der Waals surface area contributed by atoms with Gasteiger partial charge in [0.15, 0.2) is 0 Å². The Balaban J connectivity index is 1.89. The summed E-state index contributed by atoms with van der Waals surface area (Å²) in [5.41, 5.74) is 0.831. The summed E-state index contributed by atoms with van der Waals surface area (Å²) in [7, 11) is 0. The molecule has 1 saturated heterocycles. The molecule has 0 aliphatic carbocycles. The molecule has 0 saturated carbocycles. The van der Waals surface area contributed by atoms with Crippen LogP contribution in [0.15, 0.2) is 24.3 Å². The Morgan fingerprint density at radius 2 is 1.80 bits per heavy atom. The number of carbonyl (C=O) groups is 1. The van der Waals surface area contributed by atoms with Gasteiger partial charge in [0.25, 0.3) is 0 Å². The third kappa shape index (κ3) is 3.57. The van der Waals surface area contributed by atoms with Crippen molar-refractivity contribution in [1.82, 2.24) is 4.90 Å². The van der Waals surface area contributed by atoms with Gasteiger partial charge in [0.05, 0.1) is 0 Å². The van der Waals surface area contributed by atoms with Crippen LogP contribution < -0.4 is 4.90 Å². The summed E-state index contributed by atoms with van der Waals surface area (Å²) >= 11 is 0. The molecule has 0 radical (unpaired) electrons. The highest BCUT2D eigenvalue weighted by Crippen LogP contribution is 2.22. The number of rotatable bonds is 5. The van der Waals surface area contributed by atoms with E-state index in [-0.39, 0.29) is 11.2 Å². The predicted molar refractivity (Wildman–Crippen MR) is 79.5 cm³/mol. The summed E-state index contributed by atoms with van der Waals surface area (Å²) in [5, 5.41) is 0. The number of benzene rings is 1. The number of hydrogen-bond acceptors (Lipinski definition) is 3. The van der Waals surface area contributed by atoms with Crippen LogP contribution in [0, 0.1) is 11.2 Å². The van der Waals surface area contributed by atoms with Gasteiger partial charge in [-0.2, -0.15) is 0 Å². The summed E-state index contributed by atoms with van der Waals surface area (Å²) in [6.07, 6.45) is 1.95. The van der Waals surface area contributed by atoms with Crippen LogP contribution in [0.2, 0.25) is 0 Å². The number of nitrogens with zero attached hydrogens (tertiary/aromatic N) is 2. The van der Waals surface area contributed by atoms with Crippen molar-refractivity contribution in [3.8, 4) is 0 Å². The van der Waals surface area contributed by atoms with E-state index in [9.17, 15) is 9.18 Å². The third-order valence-corrected chi connectivity index (χ3v) is 4.24. The van der Waals surface area contributed by atoms with E-state index >= 15 is 0 Å². The molecule has 0 bridgehead atoms. The molecule has 4 heteroatoms. The van der Waals surface area contributed by atoms with E-state index in [0.717, 1.165) is 51.1 Å². The molecule has 1 aromatic carbocycles. The lowest BCUT2D eigenvalue weighted by molar-refractivity contribution is -0.116. The lowest BCUT2D eigenvalue weighted by Crippen LogP contribution is -2.49. The van der Waals surface area contributed by atoms with Crippen molar-refractivity contribution in [3.63, 3.8) is 0 Å². The number of halogens is 1. The van der Waals surface area contributed by atoms with E-state index in [1.165, 1.54) is 12.1 Å². The number of piperazine rings is 1. The normalized spacial score (nSPS) is 19.6. The quantitative estimate of drug-likeness (QED) is 0.773. The lowest BCUT2D eigenvalue weighted by atomic mass is 9.88. The summed E-state index contributed by atoms with van der Waals surface area (Å²) in [6, 6.07) is 6.66. The van der Waals surface area contributed by atoms with Crippen LogP contribution in [0.1, 0.15) is 20.3 Å². The lowest BCUT2D eigenvalue weighted by Gasteiger charge is -2.39. The van der Waals surface area contributed by atoms with Crippen LogP contribution >= 0.6 is 0 Å². The molecular formula is C16H23FN2O. The fraction of sp³-hybridized carbons (Fsp3) is 0.562. The Bertz CT molecular complexity index is 440. The average Bonchev–Trinajstić information content (AvgIpc) is 2.49. The van der Waals surface area contributed by atoms with E-state index in [1.807, 2.05) is 19.1 Å². The van der Waals surface area contributed by atoms with Gasteiger partial charge < -0.3 is 9.69 Å². The molecule has 0 spiro atoms. The number of aldehydes is 1. The summed E-state index contributed by atoms with van der Waals surface area (Å²) in [5.74, 6) is -0.197.